The smallest absolute Gasteiger partial charge is 0.251 e. The fraction of sp³-hybridized carbons (Fsp3) is 0.533. The average Bonchev–Trinajstić information content (AvgIpc) is 2.47. The Hall–Kier alpha value is -1.55. The highest BCUT2D eigenvalue weighted by atomic mass is 16.5. The van der Waals surface area contributed by atoms with Gasteiger partial charge in [-0.25, -0.2) is 0 Å². The van der Waals surface area contributed by atoms with Gasteiger partial charge in [-0.3, -0.25) is 4.79 Å². The Morgan fingerprint density at radius 1 is 1.21 bits per heavy atom. The van der Waals surface area contributed by atoms with E-state index in [4.69, 9.17) is 4.74 Å². The van der Waals surface area contributed by atoms with Crippen LogP contribution in [0.4, 0.5) is 0 Å². The Labute approximate surface area is 116 Å². The maximum Gasteiger partial charge on any atom is 0.251 e. The summed E-state index contributed by atoms with van der Waals surface area (Å²) in [7, 11) is 3.82. The SMILES string of the molecule is CC[N+](C)(CC)CCNC(=O)c1ccc(OC)cc1. The zero-order chi connectivity index (χ0) is 14.3. The minimum atomic E-state index is -0.0265. The van der Waals surface area contributed by atoms with E-state index in [1.54, 1.807) is 31.4 Å². The van der Waals surface area contributed by atoms with Crippen molar-refractivity contribution in [2.75, 3.05) is 40.3 Å². The second-order valence-corrected chi connectivity index (χ2v) is 4.96. The van der Waals surface area contributed by atoms with Gasteiger partial charge in [-0.2, -0.15) is 0 Å². The molecular weight excluding hydrogens is 240 g/mol. The summed E-state index contributed by atoms with van der Waals surface area (Å²) in [6.07, 6.45) is 0. The molecule has 0 aliphatic heterocycles. The lowest BCUT2D eigenvalue weighted by molar-refractivity contribution is -0.904. The first-order valence-corrected chi connectivity index (χ1v) is 6.80. The van der Waals surface area contributed by atoms with Gasteiger partial charge in [0.25, 0.3) is 5.91 Å². The first-order valence-electron chi connectivity index (χ1n) is 6.80. The second-order valence-electron chi connectivity index (χ2n) is 4.96. The van der Waals surface area contributed by atoms with Gasteiger partial charge in [0, 0.05) is 5.56 Å². The van der Waals surface area contributed by atoms with Crippen LogP contribution in [-0.2, 0) is 0 Å². The van der Waals surface area contributed by atoms with Gasteiger partial charge in [-0.1, -0.05) is 0 Å². The molecular formula is C15H25N2O2+. The Kier molecular flexibility index (Phi) is 5.83. The molecule has 106 valence electrons. The van der Waals surface area contributed by atoms with E-state index in [0.717, 1.165) is 29.9 Å². The van der Waals surface area contributed by atoms with Crippen LogP contribution in [0.2, 0.25) is 0 Å². The molecule has 0 aliphatic carbocycles. The number of nitrogens with zero attached hydrogens (tertiary/aromatic N) is 1. The van der Waals surface area contributed by atoms with Crippen LogP contribution < -0.4 is 10.1 Å². The van der Waals surface area contributed by atoms with Crippen molar-refractivity contribution in [3.05, 3.63) is 29.8 Å². The van der Waals surface area contributed by atoms with Crippen LogP contribution in [0.3, 0.4) is 0 Å². The van der Waals surface area contributed by atoms with Crippen molar-refractivity contribution in [1.29, 1.82) is 0 Å². The quantitative estimate of drug-likeness (QED) is 0.765. The Balaban J connectivity index is 2.46. The molecule has 0 aromatic heterocycles. The van der Waals surface area contributed by atoms with Crippen LogP contribution in [0.25, 0.3) is 0 Å². The molecule has 0 unspecified atom stereocenters. The maximum absolute atomic E-state index is 11.9. The fourth-order valence-corrected chi connectivity index (χ4v) is 1.82. The molecule has 0 saturated heterocycles. The third kappa shape index (κ3) is 4.56. The average molecular weight is 265 g/mol. The summed E-state index contributed by atoms with van der Waals surface area (Å²) in [6, 6.07) is 7.16. The summed E-state index contributed by atoms with van der Waals surface area (Å²) in [5.41, 5.74) is 0.669. The van der Waals surface area contributed by atoms with Gasteiger partial charge >= 0.3 is 0 Å². The number of hydrogen-bond donors (Lipinski definition) is 1. The Morgan fingerprint density at radius 2 is 1.79 bits per heavy atom. The largest absolute Gasteiger partial charge is 0.497 e. The monoisotopic (exact) mass is 265 g/mol. The van der Waals surface area contributed by atoms with E-state index in [-0.39, 0.29) is 5.91 Å². The first kappa shape index (κ1) is 15.5. The highest BCUT2D eigenvalue weighted by Crippen LogP contribution is 2.11. The normalized spacial score (nSPS) is 11.2. The predicted octanol–water partition coefficient (Wildman–Crippen LogP) is 1.91. The number of rotatable bonds is 7. The van der Waals surface area contributed by atoms with Crippen molar-refractivity contribution < 1.29 is 14.0 Å². The molecule has 0 fully saturated rings. The number of hydrogen-bond acceptors (Lipinski definition) is 2. The molecule has 19 heavy (non-hydrogen) atoms. The lowest BCUT2D eigenvalue weighted by atomic mass is 10.2. The van der Waals surface area contributed by atoms with E-state index < -0.39 is 0 Å². The summed E-state index contributed by atoms with van der Waals surface area (Å²) in [5, 5.41) is 2.97. The zero-order valence-corrected chi connectivity index (χ0v) is 12.4. The van der Waals surface area contributed by atoms with Gasteiger partial charge in [-0.15, -0.1) is 0 Å². The summed E-state index contributed by atoms with van der Waals surface area (Å²) >= 11 is 0. The van der Waals surface area contributed by atoms with Gasteiger partial charge < -0.3 is 14.5 Å². The van der Waals surface area contributed by atoms with E-state index in [0.29, 0.717) is 12.1 Å². The fourth-order valence-electron chi connectivity index (χ4n) is 1.82. The molecule has 0 aliphatic rings. The molecule has 1 aromatic carbocycles. The number of carbonyl (C=O) groups is 1. The molecule has 1 rings (SSSR count). The van der Waals surface area contributed by atoms with Crippen molar-refractivity contribution in [2.24, 2.45) is 0 Å². The van der Waals surface area contributed by atoms with Crippen LogP contribution in [0.5, 0.6) is 5.75 Å². The summed E-state index contributed by atoms with van der Waals surface area (Å²) in [4.78, 5) is 11.9. The highest BCUT2D eigenvalue weighted by Gasteiger charge is 2.16. The van der Waals surface area contributed by atoms with Gasteiger partial charge in [0.2, 0.25) is 0 Å². The second kappa shape index (κ2) is 7.14. The van der Waals surface area contributed by atoms with Gasteiger partial charge in [0.1, 0.15) is 5.75 Å². The molecule has 1 N–H and O–H groups in total. The molecule has 0 heterocycles. The van der Waals surface area contributed by atoms with Crippen LogP contribution in [0, 0.1) is 0 Å². The molecule has 0 saturated carbocycles. The van der Waals surface area contributed by atoms with Gasteiger partial charge in [0.05, 0.1) is 40.3 Å². The van der Waals surface area contributed by atoms with Crippen LogP contribution in [0.15, 0.2) is 24.3 Å². The Bertz CT molecular complexity index is 397. The van der Waals surface area contributed by atoms with Crippen molar-refractivity contribution in [3.8, 4) is 5.75 Å². The summed E-state index contributed by atoms with van der Waals surface area (Å²) in [5.74, 6) is 0.735. The molecule has 0 atom stereocenters. The number of benzene rings is 1. The van der Waals surface area contributed by atoms with E-state index in [2.05, 4.69) is 26.2 Å². The lowest BCUT2D eigenvalue weighted by Crippen LogP contribution is -2.48. The number of nitrogens with one attached hydrogen (secondary N) is 1. The van der Waals surface area contributed by atoms with Crippen molar-refractivity contribution in [2.45, 2.75) is 13.8 Å². The number of amides is 1. The molecule has 0 radical (unpaired) electrons. The topological polar surface area (TPSA) is 38.3 Å². The minimum absolute atomic E-state index is 0.0265. The molecule has 1 amide bonds. The van der Waals surface area contributed by atoms with Gasteiger partial charge in [0.15, 0.2) is 0 Å². The number of likely N-dealkylation sites (N-methyl/N-ethyl adjacent to an activating group) is 1. The number of methoxy groups -OCH3 is 1. The first-order chi connectivity index (χ1) is 9.04. The third-order valence-electron chi connectivity index (χ3n) is 3.82. The summed E-state index contributed by atoms with van der Waals surface area (Å²) < 4.78 is 6.04. The van der Waals surface area contributed by atoms with Crippen LogP contribution in [-0.4, -0.2) is 50.7 Å². The number of carbonyl (C=O) groups excluding carboxylic acids is 1. The van der Waals surface area contributed by atoms with E-state index in [1.807, 2.05) is 0 Å². The molecule has 1 aromatic rings. The number of quaternary nitrogens is 1. The van der Waals surface area contributed by atoms with E-state index in [9.17, 15) is 4.79 Å². The predicted molar refractivity (Wildman–Crippen MR) is 77.5 cm³/mol. The summed E-state index contributed by atoms with van der Waals surface area (Å²) in [6.45, 7) is 8.16. The lowest BCUT2D eigenvalue weighted by Gasteiger charge is -2.32. The molecule has 4 heteroatoms. The molecule has 4 nitrogen and oxygen atoms in total. The minimum Gasteiger partial charge on any atom is -0.497 e. The van der Waals surface area contributed by atoms with E-state index in [1.165, 1.54) is 0 Å². The zero-order valence-electron chi connectivity index (χ0n) is 12.4. The number of ether oxygens (including phenoxy) is 1. The van der Waals surface area contributed by atoms with Crippen LogP contribution >= 0.6 is 0 Å². The Morgan fingerprint density at radius 3 is 2.26 bits per heavy atom. The standard InChI is InChI=1S/C15H24N2O2/c1-5-17(3,6-2)12-11-16-15(18)13-7-9-14(19-4)10-8-13/h7-10H,5-6,11-12H2,1-4H3/p+1. The molecule has 0 bridgehead atoms. The highest BCUT2D eigenvalue weighted by molar-refractivity contribution is 5.94. The van der Waals surface area contributed by atoms with E-state index >= 15 is 0 Å². The van der Waals surface area contributed by atoms with Crippen LogP contribution in [0.1, 0.15) is 24.2 Å². The van der Waals surface area contributed by atoms with Gasteiger partial charge in [-0.05, 0) is 38.1 Å². The van der Waals surface area contributed by atoms with Crippen molar-refractivity contribution in [1.82, 2.24) is 5.32 Å². The van der Waals surface area contributed by atoms with Crippen molar-refractivity contribution in [3.63, 3.8) is 0 Å². The molecule has 0 spiro atoms. The third-order valence-corrected chi connectivity index (χ3v) is 3.82. The van der Waals surface area contributed by atoms with Crippen molar-refractivity contribution >= 4 is 5.91 Å². The maximum atomic E-state index is 11.9.